The van der Waals surface area contributed by atoms with Crippen LogP contribution in [0.1, 0.15) is 35.4 Å². The van der Waals surface area contributed by atoms with Crippen molar-refractivity contribution in [3.8, 4) is 5.75 Å². The molecule has 2 N–H and O–H groups in total. The number of ether oxygens (including phenoxy) is 1. The van der Waals surface area contributed by atoms with Crippen molar-refractivity contribution in [2.45, 2.75) is 19.4 Å². The third-order valence-electron chi connectivity index (χ3n) is 3.05. The van der Waals surface area contributed by atoms with Crippen LogP contribution in [0.15, 0.2) is 48.5 Å². The van der Waals surface area contributed by atoms with Crippen molar-refractivity contribution in [1.82, 2.24) is 0 Å². The van der Waals surface area contributed by atoms with Gasteiger partial charge in [-0.05, 0) is 48.4 Å². The van der Waals surface area contributed by atoms with Gasteiger partial charge in [-0.3, -0.25) is 15.5 Å². The second kappa shape index (κ2) is 6.73. The van der Waals surface area contributed by atoms with Crippen LogP contribution in [0.2, 0.25) is 0 Å². The molecule has 0 bridgehead atoms. The number of benzene rings is 2. The number of carbonyl (C=O) groups excluding carboxylic acids is 1. The van der Waals surface area contributed by atoms with Crippen molar-refractivity contribution in [2.75, 3.05) is 5.48 Å². The van der Waals surface area contributed by atoms with E-state index in [4.69, 9.17) is 9.94 Å². The maximum atomic E-state index is 10.6. The molecule has 0 saturated heterocycles. The predicted molar refractivity (Wildman–Crippen MR) is 77.3 cm³/mol. The Morgan fingerprint density at radius 3 is 2.60 bits per heavy atom. The third kappa shape index (κ3) is 3.36. The lowest BCUT2D eigenvalue weighted by atomic mass is 10.1. The molecule has 0 aromatic heterocycles. The molecule has 1 unspecified atom stereocenters. The van der Waals surface area contributed by atoms with E-state index in [1.54, 1.807) is 30.3 Å². The topological polar surface area (TPSA) is 58.6 Å². The number of nitrogens with one attached hydrogen (secondary N) is 1. The zero-order valence-electron chi connectivity index (χ0n) is 11.2. The molecule has 1 atom stereocenters. The molecule has 0 aliphatic carbocycles. The van der Waals surface area contributed by atoms with Crippen LogP contribution in [0.25, 0.3) is 0 Å². The molecule has 2 aromatic rings. The Morgan fingerprint density at radius 1 is 1.25 bits per heavy atom. The summed E-state index contributed by atoms with van der Waals surface area (Å²) in [6, 6.07) is 14.4. The fourth-order valence-electron chi connectivity index (χ4n) is 1.98. The molecule has 0 amide bonds. The van der Waals surface area contributed by atoms with E-state index in [1.807, 2.05) is 25.1 Å². The van der Waals surface area contributed by atoms with Gasteiger partial charge in [0, 0.05) is 5.56 Å². The van der Waals surface area contributed by atoms with Crippen LogP contribution in [0.3, 0.4) is 0 Å². The number of rotatable bonds is 6. The maximum Gasteiger partial charge on any atom is 0.150 e. The summed E-state index contributed by atoms with van der Waals surface area (Å²) in [6.45, 7) is 2.03. The van der Waals surface area contributed by atoms with E-state index in [2.05, 4.69) is 5.48 Å². The van der Waals surface area contributed by atoms with Crippen LogP contribution in [-0.2, 0) is 0 Å². The number of anilines is 1. The normalized spacial score (nSPS) is 11.7. The largest absolute Gasteiger partial charge is 0.486 e. The van der Waals surface area contributed by atoms with Crippen LogP contribution in [0.5, 0.6) is 5.75 Å². The summed E-state index contributed by atoms with van der Waals surface area (Å²) in [5.74, 6) is 0.713. The van der Waals surface area contributed by atoms with E-state index in [9.17, 15) is 4.79 Å². The molecule has 4 heteroatoms. The van der Waals surface area contributed by atoms with Crippen LogP contribution >= 0.6 is 0 Å². The van der Waals surface area contributed by atoms with E-state index in [-0.39, 0.29) is 6.10 Å². The average Bonchev–Trinajstić information content (AvgIpc) is 2.53. The van der Waals surface area contributed by atoms with Gasteiger partial charge in [0.05, 0.1) is 5.69 Å². The first-order valence-corrected chi connectivity index (χ1v) is 6.48. The van der Waals surface area contributed by atoms with Crippen molar-refractivity contribution >= 4 is 12.0 Å². The molecule has 0 heterocycles. The second-order valence-electron chi connectivity index (χ2n) is 4.44. The van der Waals surface area contributed by atoms with E-state index in [0.29, 0.717) is 17.0 Å². The molecular weight excluding hydrogens is 254 g/mol. The minimum Gasteiger partial charge on any atom is -0.486 e. The second-order valence-corrected chi connectivity index (χ2v) is 4.44. The molecule has 0 fully saturated rings. The van der Waals surface area contributed by atoms with Gasteiger partial charge >= 0.3 is 0 Å². The van der Waals surface area contributed by atoms with Gasteiger partial charge in [0.25, 0.3) is 0 Å². The van der Waals surface area contributed by atoms with Crippen LogP contribution < -0.4 is 10.2 Å². The summed E-state index contributed by atoms with van der Waals surface area (Å²) in [5.41, 5.74) is 4.36. The molecular formula is C16H17NO3. The van der Waals surface area contributed by atoms with Crippen molar-refractivity contribution in [2.24, 2.45) is 0 Å². The van der Waals surface area contributed by atoms with Crippen LogP contribution in [-0.4, -0.2) is 11.5 Å². The minimum absolute atomic E-state index is 0.106. The summed E-state index contributed by atoms with van der Waals surface area (Å²) < 4.78 is 5.92. The predicted octanol–water partition coefficient (Wildman–Crippen LogP) is 3.83. The standard InChI is InChI=1S/C16H17NO3/c1-2-16(13-4-3-5-14(10-13)17-19)20-15-8-6-12(11-18)7-9-15/h3-11,16-17,19H,2H2,1H3. The number of aldehydes is 1. The lowest BCUT2D eigenvalue weighted by molar-refractivity contribution is 0.112. The van der Waals surface area contributed by atoms with Gasteiger partial charge in [-0.15, -0.1) is 0 Å². The first-order valence-electron chi connectivity index (χ1n) is 6.48. The highest BCUT2D eigenvalue weighted by molar-refractivity contribution is 5.74. The molecule has 0 aliphatic heterocycles. The highest BCUT2D eigenvalue weighted by Gasteiger charge is 2.11. The number of hydrogen-bond donors (Lipinski definition) is 2. The smallest absolute Gasteiger partial charge is 0.150 e. The lowest BCUT2D eigenvalue weighted by Crippen LogP contribution is -2.07. The van der Waals surface area contributed by atoms with Gasteiger partial charge < -0.3 is 4.74 Å². The maximum absolute atomic E-state index is 10.6. The quantitative estimate of drug-likeness (QED) is 0.619. The molecule has 104 valence electrons. The first-order chi connectivity index (χ1) is 9.76. The molecule has 0 saturated carbocycles. The zero-order valence-corrected chi connectivity index (χ0v) is 11.2. The Kier molecular flexibility index (Phi) is 4.74. The summed E-state index contributed by atoms with van der Waals surface area (Å²) in [5, 5.41) is 8.94. The minimum atomic E-state index is -0.106. The van der Waals surface area contributed by atoms with Gasteiger partial charge in [0.2, 0.25) is 0 Å². The van der Waals surface area contributed by atoms with Gasteiger partial charge in [-0.1, -0.05) is 19.1 Å². The van der Waals surface area contributed by atoms with Gasteiger partial charge in [0.15, 0.2) is 0 Å². The van der Waals surface area contributed by atoms with Crippen molar-refractivity contribution in [1.29, 1.82) is 0 Å². The van der Waals surface area contributed by atoms with Crippen molar-refractivity contribution < 1.29 is 14.7 Å². The molecule has 0 aliphatic rings. The van der Waals surface area contributed by atoms with Crippen molar-refractivity contribution in [3.05, 3.63) is 59.7 Å². The fraction of sp³-hybridized carbons (Fsp3) is 0.188. The number of carbonyl (C=O) groups is 1. The summed E-state index contributed by atoms with van der Waals surface area (Å²) in [6.07, 6.45) is 1.49. The molecule has 20 heavy (non-hydrogen) atoms. The molecule has 4 nitrogen and oxygen atoms in total. The first kappa shape index (κ1) is 14.1. The fourth-order valence-corrected chi connectivity index (χ4v) is 1.98. The van der Waals surface area contributed by atoms with Gasteiger partial charge in [0.1, 0.15) is 18.1 Å². The average molecular weight is 271 g/mol. The Bertz CT molecular complexity index is 566. The highest BCUT2D eigenvalue weighted by atomic mass is 16.5. The van der Waals surface area contributed by atoms with Crippen LogP contribution in [0.4, 0.5) is 5.69 Å². The SMILES string of the molecule is CCC(Oc1ccc(C=O)cc1)c1cccc(NO)c1. The van der Waals surface area contributed by atoms with Gasteiger partial charge in [-0.25, -0.2) is 0 Å². The van der Waals surface area contributed by atoms with Gasteiger partial charge in [-0.2, -0.15) is 0 Å². The highest BCUT2D eigenvalue weighted by Crippen LogP contribution is 2.26. The Labute approximate surface area is 118 Å². The van der Waals surface area contributed by atoms with Crippen molar-refractivity contribution in [3.63, 3.8) is 0 Å². The Balaban J connectivity index is 2.16. The van der Waals surface area contributed by atoms with Crippen LogP contribution in [0, 0.1) is 0 Å². The zero-order chi connectivity index (χ0) is 14.4. The Morgan fingerprint density at radius 2 is 2.00 bits per heavy atom. The summed E-state index contributed by atoms with van der Waals surface area (Å²) in [4.78, 5) is 10.6. The van der Waals surface area contributed by atoms with E-state index < -0.39 is 0 Å². The third-order valence-corrected chi connectivity index (χ3v) is 3.05. The molecule has 0 radical (unpaired) electrons. The van der Waals surface area contributed by atoms with E-state index >= 15 is 0 Å². The Hall–Kier alpha value is -2.33. The van der Waals surface area contributed by atoms with E-state index in [0.717, 1.165) is 18.3 Å². The lowest BCUT2D eigenvalue weighted by Gasteiger charge is -2.18. The monoisotopic (exact) mass is 271 g/mol. The molecule has 2 aromatic carbocycles. The summed E-state index contributed by atoms with van der Waals surface area (Å²) >= 11 is 0. The molecule has 0 spiro atoms. The number of hydrogen-bond acceptors (Lipinski definition) is 4. The van der Waals surface area contributed by atoms with E-state index in [1.165, 1.54) is 0 Å². The molecule has 2 rings (SSSR count). The summed E-state index contributed by atoms with van der Waals surface area (Å²) in [7, 11) is 0.